The molecule has 0 aliphatic carbocycles. The molecule has 4 aromatic rings. The first kappa shape index (κ1) is 20.3. The zero-order valence-electron chi connectivity index (χ0n) is 17.6. The lowest BCUT2D eigenvalue weighted by molar-refractivity contribution is 0.102. The van der Waals surface area contributed by atoms with E-state index in [0.29, 0.717) is 16.3 Å². The minimum absolute atomic E-state index is 0.184. The topological polar surface area (TPSA) is 71.3 Å². The van der Waals surface area contributed by atoms with Crippen LogP contribution in [0.3, 0.4) is 0 Å². The van der Waals surface area contributed by atoms with Gasteiger partial charge in [-0.3, -0.25) is 4.79 Å². The summed E-state index contributed by atoms with van der Waals surface area (Å²) >= 11 is 1.46. The predicted molar refractivity (Wildman–Crippen MR) is 127 cm³/mol. The van der Waals surface area contributed by atoms with Crippen LogP contribution in [0.1, 0.15) is 27.4 Å². The molecule has 160 valence electrons. The van der Waals surface area contributed by atoms with Gasteiger partial charge in [-0.25, -0.2) is 4.98 Å². The van der Waals surface area contributed by atoms with Crippen LogP contribution in [0.25, 0.3) is 0 Å². The van der Waals surface area contributed by atoms with Gasteiger partial charge in [-0.15, -0.1) is 0 Å². The van der Waals surface area contributed by atoms with Gasteiger partial charge >= 0.3 is 0 Å². The average Bonchev–Trinajstić information content (AvgIpc) is 3.44. The fourth-order valence-electron chi connectivity index (χ4n) is 3.84. The second-order valence-electron chi connectivity index (χ2n) is 7.61. The molecule has 1 aliphatic heterocycles. The zero-order chi connectivity index (χ0) is 21.9. The number of pyridine rings is 1. The molecule has 0 unspecified atom stereocenters. The van der Waals surface area contributed by atoms with Gasteiger partial charge in [-0.05, 0) is 61.4 Å². The number of fused-ring (bicyclic) bond motifs is 1. The summed E-state index contributed by atoms with van der Waals surface area (Å²) in [5.74, 6) is 1.16. The number of benzene rings is 2. The Kier molecular flexibility index (Phi) is 5.64. The van der Waals surface area contributed by atoms with E-state index >= 15 is 0 Å². The Morgan fingerprint density at radius 2 is 1.97 bits per heavy atom. The number of nitrogens with one attached hydrogen (secondary N) is 1. The predicted octanol–water partition coefficient (Wildman–Crippen LogP) is 5.62. The summed E-state index contributed by atoms with van der Waals surface area (Å²) < 4.78 is 5.11. The molecule has 3 heterocycles. The van der Waals surface area contributed by atoms with Crippen molar-refractivity contribution >= 4 is 34.7 Å². The summed E-state index contributed by atoms with van der Waals surface area (Å²) in [6, 6.07) is 21.9. The number of hydrogen-bond acceptors (Lipinski definition) is 6. The van der Waals surface area contributed by atoms with Gasteiger partial charge < -0.3 is 14.7 Å². The molecule has 1 N–H and O–H groups in total. The number of carbonyl (C=O) groups excluding carboxylic acids is 1. The van der Waals surface area contributed by atoms with Crippen LogP contribution in [0.5, 0.6) is 0 Å². The first-order chi connectivity index (χ1) is 15.7. The van der Waals surface area contributed by atoms with Crippen LogP contribution in [0.15, 0.2) is 82.5 Å². The van der Waals surface area contributed by atoms with E-state index in [0.717, 1.165) is 35.8 Å². The van der Waals surface area contributed by atoms with E-state index in [1.54, 1.807) is 18.3 Å². The Morgan fingerprint density at radius 3 is 2.78 bits per heavy atom. The highest BCUT2D eigenvalue weighted by Gasteiger charge is 2.20. The highest BCUT2D eigenvalue weighted by molar-refractivity contribution is 7.98. The van der Waals surface area contributed by atoms with E-state index < -0.39 is 0 Å². The van der Waals surface area contributed by atoms with Crippen LogP contribution in [0, 0.1) is 6.92 Å². The summed E-state index contributed by atoms with van der Waals surface area (Å²) in [5, 5.41) is 7.66. The smallest absolute Gasteiger partial charge is 0.258 e. The molecule has 7 heteroatoms. The molecule has 0 saturated carbocycles. The van der Waals surface area contributed by atoms with Crippen LogP contribution in [-0.2, 0) is 12.2 Å². The normalized spacial score (nSPS) is 12.6. The average molecular weight is 443 g/mol. The number of hydrogen-bond donors (Lipinski definition) is 1. The van der Waals surface area contributed by atoms with Crippen LogP contribution in [0.4, 0.5) is 17.1 Å². The highest BCUT2D eigenvalue weighted by Crippen LogP contribution is 2.34. The van der Waals surface area contributed by atoms with Gasteiger partial charge in [0.05, 0.1) is 11.3 Å². The minimum atomic E-state index is -0.184. The van der Waals surface area contributed by atoms with Crippen molar-refractivity contribution < 1.29 is 9.32 Å². The third-order valence-corrected chi connectivity index (χ3v) is 6.41. The number of aryl methyl sites for hydroxylation is 1. The zero-order valence-corrected chi connectivity index (χ0v) is 18.4. The van der Waals surface area contributed by atoms with Crippen molar-refractivity contribution in [3.8, 4) is 0 Å². The van der Waals surface area contributed by atoms with E-state index in [1.807, 2.05) is 37.3 Å². The monoisotopic (exact) mass is 442 g/mol. The van der Waals surface area contributed by atoms with Crippen molar-refractivity contribution in [2.45, 2.75) is 24.1 Å². The summed E-state index contributed by atoms with van der Waals surface area (Å²) in [4.78, 5) is 19.6. The number of anilines is 3. The van der Waals surface area contributed by atoms with E-state index in [-0.39, 0.29) is 5.91 Å². The number of thioether (sulfide) groups is 1. The third kappa shape index (κ3) is 4.24. The number of amides is 1. The van der Waals surface area contributed by atoms with Crippen molar-refractivity contribution in [1.82, 2.24) is 10.1 Å². The molecule has 2 aromatic carbocycles. The molecule has 0 spiro atoms. The van der Waals surface area contributed by atoms with E-state index in [4.69, 9.17) is 4.52 Å². The molecular weight excluding hydrogens is 420 g/mol. The Balaban J connectivity index is 1.27. The van der Waals surface area contributed by atoms with Gasteiger partial charge in [0.15, 0.2) is 0 Å². The number of para-hydroxylation sites is 1. The van der Waals surface area contributed by atoms with Gasteiger partial charge in [0, 0.05) is 41.6 Å². The van der Waals surface area contributed by atoms with Crippen molar-refractivity contribution in [2.24, 2.45) is 0 Å². The minimum Gasteiger partial charge on any atom is -0.361 e. The lowest BCUT2D eigenvalue weighted by atomic mass is 10.2. The van der Waals surface area contributed by atoms with Gasteiger partial charge in [0.25, 0.3) is 5.91 Å². The second kappa shape index (κ2) is 8.88. The Morgan fingerprint density at radius 1 is 1.12 bits per heavy atom. The molecule has 0 radical (unpaired) electrons. The summed E-state index contributed by atoms with van der Waals surface area (Å²) in [6.45, 7) is 2.82. The Labute approximate surface area is 190 Å². The number of nitrogens with zero attached hydrogens (tertiary/aromatic N) is 3. The molecule has 1 amide bonds. The van der Waals surface area contributed by atoms with Gasteiger partial charge in [0.1, 0.15) is 10.8 Å². The molecule has 5 rings (SSSR count). The van der Waals surface area contributed by atoms with Gasteiger partial charge in [-0.2, -0.15) is 0 Å². The first-order valence-corrected chi connectivity index (χ1v) is 11.4. The Hall–Kier alpha value is -3.58. The first-order valence-electron chi connectivity index (χ1n) is 10.4. The molecule has 0 fully saturated rings. The van der Waals surface area contributed by atoms with Crippen molar-refractivity contribution in [3.63, 3.8) is 0 Å². The summed E-state index contributed by atoms with van der Waals surface area (Å²) in [6.07, 6.45) is 2.74. The van der Waals surface area contributed by atoms with Crippen LogP contribution in [0.2, 0.25) is 0 Å². The summed E-state index contributed by atoms with van der Waals surface area (Å²) in [5.41, 5.74) is 5.85. The number of rotatable bonds is 6. The molecule has 2 aromatic heterocycles. The molecule has 0 bridgehead atoms. The SMILES string of the molecule is Cc1cc(CSc2ncccc2C(=O)Nc2ccc(N3CCc4ccccc43)cc2)no1. The molecule has 0 saturated heterocycles. The molecule has 1 aliphatic rings. The second-order valence-corrected chi connectivity index (χ2v) is 8.57. The van der Waals surface area contributed by atoms with Crippen LogP contribution < -0.4 is 10.2 Å². The van der Waals surface area contributed by atoms with E-state index in [2.05, 4.69) is 44.6 Å². The van der Waals surface area contributed by atoms with Crippen LogP contribution in [-0.4, -0.2) is 22.6 Å². The lowest BCUT2D eigenvalue weighted by Crippen LogP contribution is -2.15. The molecule has 32 heavy (non-hydrogen) atoms. The highest BCUT2D eigenvalue weighted by atomic mass is 32.2. The number of carbonyl (C=O) groups is 1. The molecule has 0 atom stereocenters. The Bertz CT molecular complexity index is 1250. The largest absolute Gasteiger partial charge is 0.361 e. The maximum absolute atomic E-state index is 12.9. The fraction of sp³-hybridized carbons (Fsp3) is 0.160. The maximum Gasteiger partial charge on any atom is 0.258 e. The number of aromatic nitrogens is 2. The third-order valence-electron chi connectivity index (χ3n) is 5.37. The van der Waals surface area contributed by atoms with Crippen molar-refractivity contribution in [3.05, 3.63) is 95.5 Å². The quantitative estimate of drug-likeness (QED) is 0.391. The standard InChI is InChI=1S/C25H22N4O2S/c1-17-15-20(28-31-17)16-32-25-22(6-4-13-26-25)24(30)27-19-8-10-21(11-9-19)29-14-12-18-5-2-3-7-23(18)29/h2-11,13,15H,12,14,16H2,1H3,(H,27,30). The molecular formula is C25H22N4O2S. The van der Waals surface area contributed by atoms with Gasteiger partial charge in [-0.1, -0.05) is 35.1 Å². The van der Waals surface area contributed by atoms with Crippen molar-refractivity contribution in [2.75, 3.05) is 16.8 Å². The van der Waals surface area contributed by atoms with E-state index in [9.17, 15) is 4.79 Å². The van der Waals surface area contributed by atoms with Crippen molar-refractivity contribution in [1.29, 1.82) is 0 Å². The fourth-order valence-corrected chi connectivity index (χ4v) is 4.71. The van der Waals surface area contributed by atoms with E-state index in [1.165, 1.54) is 23.0 Å². The maximum atomic E-state index is 12.9. The van der Waals surface area contributed by atoms with Crippen LogP contribution >= 0.6 is 11.8 Å². The lowest BCUT2D eigenvalue weighted by Gasteiger charge is -2.20. The molecule has 6 nitrogen and oxygen atoms in total. The summed E-state index contributed by atoms with van der Waals surface area (Å²) in [7, 11) is 0. The van der Waals surface area contributed by atoms with Gasteiger partial charge in [0.2, 0.25) is 0 Å².